The Bertz CT molecular complexity index is 203. The zero-order valence-electron chi connectivity index (χ0n) is 9.11. The van der Waals surface area contributed by atoms with Crippen molar-refractivity contribution in [1.82, 2.24) is 5.32 Å². The van der Waals surface area contributed by atoms with Crippen molar-refractivity contribution in [2.75, 3.05) is 11.9 Å². The number of alkyl halides is 1. The van der Waals surface area contributed by atoms with Gasteiger partial charge in [0.2, 0.25) is 5.91 Å². The molecule has 0 heterocycles. The molecule has 1 atom stereocenters. The Labute approximate surface area is 95.0 Å². The maximum absolute atomic E-state index is 11.3. The van der Waals surface area contributed by atoms with Crippen molar-refractivity contribution in [2.24, 2.45) is 11.3 Å². The van der Waals surface area contributed by atoms with Gasteiger partial charge in [-0.3, -0.25) is 4.79 Å². The molecule has 1 fully saturated rings. The van der Waals surface area contributed by atoms with E-state index >= 15 is 0 Å². The van der Waals surface area contributed by atoms with Gasteiger partial charge >= 0.3 is 0 Å². The molecule has 0 bridgehead atoms. The van der Waals surface area contributed by atoms with Crippen molar-refractivity contribution >= 4 is 21.8 Å². The molecule has 1 aliphatic carbocycles. The molecule has 82 valence electrons. The highest BCUT2D eigenvalue weighted by Crippen LogP contribution is 2.50. The van der Waals surface area contributed by atoms with Crippen molar-refractivity contribution < 1.29 is 4.79 Å². The van der Waals surface area contributed by atoms with Gasteiger partial charge in [-0.05, 0) is 30.6 Å². The second-order valence-corrected chi connectivity index (χ2v) is 5.63. The Kier molecular flexibility index (Phi) is 4.42. The van der Waals surface area contributed by atoms with Crippen LogP contribution in [0.5, 0.6) is 0 Å². The van der Waals surface area contributed by atoms with Gasteiger partial charge in [-0.1, -0.05) is 29.8 Å². The van der Waals surface area contributed by atoms with E-state index in [0.29, 0.717) is 17.8 Å². The van der Waals surface area contributed by atoms with Gasteiger partial charge < -0.3 is 5.32 Å². The number of carbonyl (C=O) groups is 1. The smallest absolute Gasteiger partial charge is 0.220 e. The first kappa shape index (κ1) is 12.0. The minimum atomic E-state index is 0.216. The van der Waals surface area contributed by atoms with Crippen LogP contribution in [0.4, 0.5) is 0 Å². The van der Waals surface area contributed by atoms with Gasteiger partial charge in [0.25, 0.3) is 0 Å². The third-order valence-corrected chi connectivity index (χ3v) is 3.61. The minimum absolute atomic E-state index is 0.216. The molecule has 0 aliphatic heterocycles. The van der Waals surface area contributed by atoms with Gasteiger partial charge in [-0.25, -0.2) is 0 Å². The number of rotatable bonds is 6. The van der Waals surface area contributed by atoms with Crippen LogP contribution in [0.3, 0.4) is 0 Å². The Morgan fingerprint density at radius 2 is 2.14 bits per heavy atom. The van der Waals surface area contributed by atoms with Crippen molar-refractivity contribution in [1.29, 1.82) is 0 Å². The fraction of sp³-hybridized carbons (Fsp3) is 0.909. The molecular weight excluding hydrogens is 242 g/mol. The molecule has 3 heteroatoms. The zero-order chi connectivity index (χ0) is 10.6. The number of hydrogen-bond acceptors (Lipinski definition) is 1. The highest BCUT2D eigenvalue weighted by Gasteiger charge is 2.45. The molecule has 1 aliphatic rings. The van der Waals surface area contributed by atoms with Gasteiger partial charge in [0.15, 0.2) is 0 Å². The Morgan fingerprint density at radius 1 is 1.50 bits per heavy atom. The normalized spacial score (nSPS) is 23.2. The highest BCUT2D eigenvalue weighted by molar-refractivity contribution is 9.09. The molecule has 0 aromatic heterocycles. The largest absolute Gasteiger partial charge is 0.356 e. The summed E-state index contributed by atoms with van der Waals surface area (Å²) in [6, 6.07) is 0. The second kappa shape index (κ2) is 5.15. The van der Waals surface area contributed by atoms with Crippen LogP contribution >= 0.6 is 15.9 Å². The van der Waals surface area contributed by atoms with E-state index in [1.165, 1.54) is 6.42 Å². The fourth-order valence-corrected chi connectivity index (χ4v) is 2.03. The van der Waals surface area contributed by atoms with E-state index in [1.54, 1.807) is 0 Å². The number of halogens is 1. The molecule has 0 saturated heterocycles. The summed E-state index contributed by atoms with van der Waals surface area (Å²) in [7, 11) is 0. The summed E-state index contributed by atoms with van der Waals surface area (Å²) in [5.74, 6) is 0.927. The lowest BCUT2D eigenvalue weighted by atomic mass is 10.1. The van der Waals surface area contributed by atoms with Gasteiger partial charge in [-0.2, -0.15) is 0 Å². The molecule has 0 aromatic carbocycles. The number of carbonyl (C=O) groups excluding carboxylic acids is 1. The number of nitrogens with one attached hydrogen (secondary N) is 1. The van der Waals surface area contributed by atoms with E-state index in [2.05, 4.69) is 35.1 Å². The Balaban J connectivity index is 1.99. The average Bonchev–Trinajstić information content (AvgIpc) is 2.71. The lowest BCUT2D eigenvalue weighted by Crippen LogP contribution is -2.26. The predicted molar refractivity (Wildman–Crippen MR) is 62.5 cm³/mol. The fourth-order valence-electron chi connectivity index (χ4n) is 1.63. The standard InChI is InChI=1S/C11H20BrNO/c1-11(2)7-9(11)8-13-10(14)5-3-4-6-12/h9H,3-8H2,1-2H3,(H,13,14). The molecule has 2 nitrogen and oxygen atoms in total. The molecule has 14 heavy (non-hydrogen) atoms. The van der Waals surface area contributed by atoms with E-state index in [4.69, 9.17) is 0 Å². The maximum atomic E-state index is 11.3. The van der Waals surface area contributed by atoms with E-state index < -0.39 is 0 Å². The number of amides is 1. The first-order chi connectivity index (χ1) is 6.56. The lowest BCUT2D eigenvalue weighted by molar-refractivity contribution is -0.121. The van der Waals surface area contributed by atoms with Crippen molar-refractivity contribution in [3.8, 4) is 0 Å². The van der Waals surface area contributed by atoms with Crippen LogP contribution in [0, 0.1) is 11.3 Å². The van der Waals surface area contributed by atoms with E-state index in [-0.39, 0.29) is 5.91 Å². The highest BCUT2D eigenvalue weighted by atomic mass is 79.9. The Morgan fingerprint density at radius 3 is 2.64 bits per heavy atom. The van der Waals surface area contributed by atoms with E-state index in [1.807, 2.05) is 0 Å². The number of unbranched alkanes of at least 4 members (excludes halogenated alkanes) is 1. The quantitative estimate of drug-likeness (QED) is 0.578. The van der Waals surface area contributed by atoms with Crippen LogP contribution in [0.25, 0.3) is 0 Å². The average molecular weight is 262 g/mol. The summed E-state index contributed by atoms with van der Waals surface area (Å²) in [6.07, 6.45) is 4.01. The first-order valence-electron chi connectivity index (χ1n) is 5.39. The van der Waals surface area contributed by atoms with Crippen molar-refractivity contribution in [2.45, 2.75) is 39.5 Å². The molecular formula is C11H20BrNO. The molecule has 0 radical (unpaired) electrons. The van der Waals surface area contributed by atoms with Crippen LogP contribution in [-0.4, -0.2) is 17.8 Å². The molecule has 1 amide bonds. The van der Waals surface area contributed by atoms with Crippen LogP contribution < -0.4 is 5.32 Å². The molecule has 1 saturated carbocycles. The summed E-state index contributed by atoms with van der Waals surface area (Å²) in [5.41, 5.74) is 0.475. The van der Waals surface area contributed by atoms with E-state index in [9.17, 15) is 4.79 Å². The summed E-state index contributed by atoms with van der Waals surface area (Å²) in [6.45, 7) is 5.39. The summed E-state index contributed by atoms with van der Waals surface area (Å²) < 4.78 is 0. The van der Waals surface area contributed by atoms with Crippen LogP contribution in [0.1, 0.15) is 39.5 Å². The van der Waals surface area contributed by atoms with Gasteiger partial charge in [0.05, 0.1) is 0 Å². The SMILES string of the molecule is CC1(C)CC1CNC(=O)CCCCBr. The third kappa shape index (κ3) is 3.99. The van der Waals surface area contributed by atoms with Gasteiger partial charge in [0, 0.05) is 18.3 Å². The molecule has 0 spiro atoms. The molecule has 0 aromatic rings. The first-order valence-corrected chi connectivity index (χ1v) is 6.51. The minimum Gasteiger partial charge on any atom is -0.356 e. The zero-order valence-corrected chi connectivity index (χ0v) is 10.7. The third-order valence-electron chi connectivity index (χ3n) is 3.05. The maximum Gasteiger partial charge on any atom is 0.220 e. The van der Waals surface area contributed by atoms with Crippen LogP contribution in [-0.2, 0) is 4.79 Å². The summed E-state index contributed by atoms with van der Waals surface area (Å²) >= 11 is 3.35. The second-order valence-electron chi connectivity index (χ2n) is 4.84. The predicted octanol–water partition coefficient (Wildman–Crippen LogP) is 2.71. The van der Waals surface area contributed by atoms with E-state index in [0.717, 1.165) is 24.7 Å². The molecule has 1 rings (SSSR count). The van der Waals surface area contributed by atoms with Crippen LogP contribution in [0.15, 0.2) is 0 Å². The number of hydrogen-bond donors (Lipinski definition) is 1. The molecule has 1 N–H and O–H groups in total. The van der Waals surface area contributed by atoms with Crippen molar-refractivity contribution in [3.05, 3.63) is 0 Å². The van der Waals surface area contributed by atoms with Crippen LogP contribution in [0.2, 0.25) is 0 Å². The monoisotopic (exact) mass is 261 g/mol. The van der Waals surface area contributed by atoms with Crippen molar-refractivity contribution in [3.63, 3.8) is 0 Å². The Hall–Kier alpha value is -0.0500. The molecule has 1 unspecified atom stereocenters. The van der Waals surface area contributed by atoms with Gasteiger partial charge in [-0.15, -0.1) is 0 Å². The topological polar surface area (TPSA) is 29.1 Å². The van der Waals surface area contributed by atoms with Gasteiger partial charge in [0.1, 0.15) is 0 Å². The lowest BCUT2D eigenvalue weighted by Gasteiger charge is -2.05. The summed E-state index contributed by atoms with van der Waals surface area (Å²) in [4.78, 5) is 11.3. The summed E-state index contributed by atoms with van der Waals surface area (Å²) in [5, 5.41) is 4.00.